The van der Waals surface area contributed by atoms with Crippen LogP contribution in [-0.2, 0) is 4.74 Å². The molecule has 116 valence electrons. The molecule has 20 heavy (non-hydrogen) atoms. The molecule has 2 aliphatic rings. The average molecular weight is 282 g/mol. The van der Waals surface area contributed by atoms with Crippen LogP contribution in [0.15, 0.2) is 0 Å². The minimum Gasteiger partial charge on any atom is -0.448 e. The van der Waals surface area contributed by atoms with Crippen molar-refractivity contribution in [1.82, 2.24) is 4.90 Å². The number of ether oxygens (including phenoxy) is 1. The standard InChI is InChI=1S/C16H30N2O2/c1-18(14-10-6-3-7-11-14)16(19)20-12-15(17)13-8-4-2-5-9-13/h13-15H,2-12,17H2,1H3/t15-/m0/s1. The Hall–Kier alpha value is -0.770. The fourth-order valence-electron chi connectivity index (χ4n) is 3.59. The molecule has 0 radical (unpaired) electrons. The predicted molar refractivity (Wildman–Crippen MR) is 80.5 cm³/mol. The van der Waals surface area contributed by atoms with Crippen LogP contribution in [0, 0.1) is 5.92 Å². The number of carbonyl (C=O) groups is 1. The van der Waals surface area contributed by atoms with E-state index in [2.05, 4.69) is 0 Å². The van der Waals surface area contributed by atoms with E-state index in [1.165, 1.54) is 51.4 Å². The lowest BCUT2D eigenvalue weighted by Crippen LogP contribution is -2.42. The Morgan fingerprint density at radius 1 is 1.10 bits per heavy atom. The normalized spacial score (nSPS) is 23.3. The molecule has 4 nitrogen and oxygen atoms in total. The summed E-state index contributed by atoms with van der Waals surface area (Å²) in [5, 5.41) is 0. The molecule has 1 amide bonds. The summed E-state index contributed by atoms with van der Waals surface area (Å²) in [7, 11) is 1.87. The lowest BCUT2D eigenvalue weighted by Gasteiger charge is -2.32. The first kappa shape index (κ1) is 15.6. The molecule has 0 bridgehead atoms. The van der Waals surface area contributed by atoms with Crippen molar-refractivity contribution in [1.29, 1.82) is 0 Å². The largest absolute Gasteiger partial charge is 0.448 e. The molecule has 2 saturated carbocycles. The number of amides is 1. The van der Waals surface area contributed by atoms with Gasteiger partial charge in [0.25, 0.3) is 0 Å². The van der Waals surface area contributed by atoms with Crippen molar-refractivity contribution in [3.63, 3.8) is 0 Å². The first-order valence-electron chi connectivity index (χ1n) is 8.33. The van der Waals surface area contributed by atoms with Crippen LogP contribution >= 0.6 is 0 Å². The Balaban J connectivity index is 1.70. The van der Waals surface area contributed by atoms with Crippen molar-refractivity contribution >= 4 is 6.09 Å². The fraction of sp³-hybridized carbons (Fsp3) is 0.938. The van der Waals surface area contributed by atoms with Crippen LogP contribution in [0.5, 0.6) is 0 Å². The van der Waals surface area contributed by atoms with Gasteiger partial charge in [0.15, 0.2) is 0 Å². The van der Waals surface area contributed by atoms with Crippen molar-refractivity contribution in [2.75, 3.05) is 13.7 Å². The fourth-order valence-corrected chi connectivity index (χ4v) is 3.59. The van der Waals surface area contributed by atoms with E-state index in [9.17, 15) is 4.79 Å². The quantitative estimate of drug-likeness (QED) is 0.860. The molecule has 2 rings (SSSR count). The maximum Gasteiger partial charge on any atom is 0.409 e. The first-order valence-corrected chi connectivity index (χ1v) is 8.33. The van der Waals surface area contributed by atoms with Crippen LogP contribution in [0.4, 0.5) is 4.79 Å². The highest BCUT2D eigenvalue weighted by atomic mass is 16.6. The van der Waals surface area contributed by atoms with E-state index in [1.807, 2.05) is 7.05 Å². The summed E-state index contributed by atoms with van der Waals surface area (Å²) in [6, 6.07) is 0.376. The zero-order valence-corrected chi connectivity index (χ0v) is 12.9. The second kappa shape index (κ2) is 7.87. The van der Waals surface area contributed by atoms with Gasteiger partial charge in [-0.2, -0.15) is 0 Å². The van der Waals surface area contributed by atoms with Crippen LogP contribution < -0.4 is 5.73 Å². The summed E-state index contributed by atoms with van der Waals surface area (Å²) in [5.74, 6) is 0.538. The monoisotopic (exact) mass is 282 g/mol. The molecule has 2 N–H and O–H groups in total. The van der Waals surface area contributed by atoms with Gasteiger partial charge in [0.1, 0.15) is 6.61 Å². The molecular formula is C16H30N2O2. The predicted octanol–water partition coefficient (Wildman–Crippen LogP) is 3.30. The van der Waals surface area contributed by atoms with E-state index in [1.54, 1.807) is 4.90 Å². The summed E-state index contributed by atoms with van der Waals surface area (Å²) < 4.78 is 5.43. The van der Waals surface area contributed by atoms with E-state index >= 15 is 0 Å². The second-order valence-corrected chi connectivity index (χ2v) is 6.54. The van der Waals surface area contributed by atoms with Gasteiger partial charge in [-0.15, -0.1) is 0 Å². The third-order valence-electron chi connectivity index (χ3n) is 5.06. The number of carbonyl (C=O) groups excluding carboxylic acids is 1. The number of hydrogen-bond donors (Lipinski definition) is 1. The van der Waals surface area contributed by atoms with Crippen LogP contribution in [0.1, 0.15) is 64.2 Å². The number of hydrogen-bond acceptors (Lipinski definition) is 3. The molecule has 0 saturated heterocycles. The lowest BCUT2D eigenvalue weighted by molar-refractivity contribution is 0.0761. The zero-order chi connectivity index (χ0) is 14.4. The highest BCUT2D eigenvalue weighted by molar-refractivity contribution is 5.67. The number of nitrogens with zero attached hydrogens (tertiary/aromatic N) is 1. The smallest absolute Gasteiger partial charge is 0.409 e. The maximum absolute atomic E-state index is 12.1. The molecule has 0 aromatic rings. The molecule has 1 atom stereocenters. The van der Waals surface area contributed by atoms with Gasteiger partial charge >= 0.3 is 6.09 Å². The molecule has 4 heteroatoms. The van der Waals surface area contributed by atoms with Crippen molar-refractivity contribution in [3.05, 3.63) is 0 Å². The minimum atomic E-state index is -0.192. The Morgan fingerprint density at radius 2 is 1.65 bits per heavy atom. The van der Waals surface area contributed by atoms with Crippen molar-refractivity contribution < 1.29 is 9.53 Å². The van der Waals surface area contributed by atoms with Gasteiger partial charge in [0.2, 0.25) is 0 Å². The highest BCUT2D eigenvalue weighted by Crippen LogP contribution is 2.26. The topological polar surface area (TPSA) is 55.6 Å². The van der Waals surface area contributed by atoms with Gasteiger partial charge in [-0.05, 0) is 31.6 Å². The summed E-state index contributed by atoms with van der Waals surface area (Å²) in [4.78, 5) is 13.9. The Kier molecular flexibility index (Phi) is 6.14. The van der Waals surface area contributed by atoms with Crippen molar-refractivity contribution in [2.24, 2.45) is 11.7 Å². The minimum absolute atomic E-state index is 0.0130. The molecule has 0 aromatic carbocycles. The van der Waals surface area contributed by atoms with Crippen LogP contribution in [0.25, 0.3) is 0 Å². The maximum atomic E-state index is 12.1. The zero-order valence-electron chi connectivity index (χ0n) is 12.9. The van der Waals surface area contributed by atoms with Gasteiger partial charge in [-0.1, -0.05) is 38.5 Å². The molecular weight excluding hydrogens is 252 g/mol. The summed E-state index contributed by atoms with van der Waals surface area (Å²) in [6.07, 6.45) is 12.0. The Bertz CT molecular complexity index is 297. The van der Waals surface area contributed by atoms with E-state index in [4.69, 9.17) is 10.5 Å². The number of rotatable bonds is 4. The lowest BCUT2D eigenvalue weighted by atomic mass is 9.84. The van der Waals surface area contributed by atoms with E-state index in [-0.39, 0.29) is 12.1 Å². The van der Waals surface area contributed by atoms with Gasteiger partial charge in [-0.3, -0.25) is 0 Å². The SMILES string of the molecule is CN(C(=O)OC[C@H](N)C1CCCCC1)C1CCCCC1. The second-order valence-electron chi connectivity index (χ2n) is 6.54. The van der Waals surface area contributed by atoms with E-state index in [0.717, 1.165) is 12.8 Å². The van der Waals surface area contributed by atoms with E-state index < -0.39 is 0 Å². The molecule has 0 aromatic heterocycles. The van der Waals surface area contributed by atoms with Crippen LogP contribution in [0.3, 0.4) is 0 Å². The van der Waals surface area contributed by atoms with Gasteiger partial charge in [0.05, 0.1) is 0 Å². The van der Waals surface area contributed by atoms with Gasteiger partial charge < -0.3 is 15.4 Å². The van der Waals surface area contributed by atoms with E-state index in [0.29, 0.717) is 18.6 Å². The summed E-state index contributed by atoms with van der Waals surface area (Å²) in [5.41, 5.74) is 6.18. The molecule has 0 heterocycles. The average Bonchev–Trinajstić information content (AvgIpc) is 2.53. The van der Waals surface area contributed by atoms with Crippen LogP contribution in [-0.4, -0.2) is 36.7 Å². The molecule has 2 fully saturated rings. The third kappa shape index (κ3) is 4.37. The third-order valence-corrected chi connectivity index (χ3v) is 5.06. The van der Waals surface area contributed by atoms with Gasteiger partial charge in [-0.25, -0.2) is 4.79 Å². The first-order chi connectivity index (χ1) is 9.68. The Labute approximate surface area is 123 Å². The number of nitrogens with two attached hydrogens (primary N) is 1. The van der Waals surface area contributed by atoms with Crippen molar-refractivity contribution in [2.45, 2.75) is 76.3 Å². The summed E-state index contributed by atoms with van der Waals surface area (Å²) >= 11 is 0. The Morgan fingerprint density at radius 3 is 2.25 bits per heavy atom. The molecule has 0 unspecified atom stereocenters. The summed E-state index contributed by atoms with van der Waals surface area (Å²) in [6.45, 7) is 0.376. The molecule has 0 spiro atoms. The van der Waals surface area contributed by atoms with Crippen molar-refractivity contribution in [3.8, 4) is 0 Å². The molecule has 0 aliphatic heterocycles. The van der Waals surface area contributed by atoms with Crippen LogP contribution in [0.2, 0.25) is 0 Å². The highest BCUT2D eigenvalue weighted by Gasteiger charge is 2.25. The van der Waals surface area contributed by atoms with Gasteiger partial charge in [0, 0.05) is 19.1 Å². The molecule has 2 aliphatic carbocycles.